The third-order valence-corrected chi connectivity index (χ3v) is 17.3. The van der Waals surface area contributed by atoms with Gasteiger partial charge in [-0.2, -0.15) is 0 Å². The van der Waals surface area contributed by atoms with Crippen molar-refractivity contribution in [2.24, 2.45) is 11.3 Å². The smallest absolute Gasteiger partial charge is 0.113 e. The molecule has 0 atom stereocenters. The van der Waals surface area contributed by atoms with Crippen molar-refractivity contribution in [2.45, 2.75) is 102 Å². The fourth-order valence-electron chi connectivity index (χ4n) is 12.3. The summed E-state index contributed by atoms with van der Waals surface area (Å²) in [6.07, 6.45) is 13.9. The van der Waals surface area contributed by atoms with E-state index in [9.17, 15) is 0 Å². The molecular formula is C74H69S+. The molecule has 0 N–H and O–H groups in total. The Balaban J connectivity index is 1.10. The predicted octanol–water partition coefficient (Wildman–Crippen LogP) is 14.7. The zero-order valence-corrected chi connectivity index (χ0v) is 47.3. The molecule has 11 rings (SSSR count). The quantitative estimate of drug-likeness (QED) is 0.114. The van der Waals surface area contributed by atoms with E-state index in [1.165, 1.54) is 135 Å². The maximum Gasteiger partial charge on any atom is 0.113 e. The number of aryl methyl sites for hydroxylation is 6. The molecule has 1 aromatic heterocycles. The molecule has 9 aromatic rings. The first kappa shape index (κ1) is 49.8. The van der Waals surface area contributed by atoms with Crippen LogP contribution in [-0.2, 0) is 5.41 Å². The molecule has 0 bridgehead atoms. The van der Waals surface area contributed by atoms with E-state index in [0.717, 1.165) is 20.9 Å². The summed E-state index contributed by atoms with van der Waals surface area (Å²) in [5.74, 6) is 0.397. The maximum absolute atomic E-state index is 4.05. The van der Waals surface area contributed by atoms with Gasteiger partial charge in [0.1, 0.15) is 5.56 Å². The average Bonchev–Trinajstić information content (AvgIpc) is 3.87. The van der Waals surface area contributed by atoms with E-state index in [-0.39, 0.29) is 10.8 Å². The minimum Gasteiger partial charge on any atom is -0.135 e. The highest BCUT2D eigenvalue weighted by atomic mass is 32.1. The standard InChI is InChI=1S/C74H69S/c1-43-33-51(34-44(2)63(43)41-65-55-23-15-19-27-59(55)71(60-28-20-16-24-56(60)65)69-47(5)37-53(38-48(69)6)73(9,10)11)67-31-32-68(75-67)52-35-45(3)64(46(4)36-52)42-66-57-25-17-21-29-61(57)72(62-30-22-18-26-58(62)66)70-49(7)39-54(40-50(70)8)74(12,13)14/h15-40,53H,1-14H3/q+1. The summed E-state index contributed by atoms with van der Waals surface area (Å²) in [6.45, 7) is 32.1. The first-order valence-electron chi connectivity index (χ1n) is 26.9. The van der Waals surface area contributed by atoms with Gasteiger partial charge in [0.05, 0.1) is 16.0 Å². The number of benzene rings is 8. The van der Waals surface area contributed by atoms with Gasteiger partial charge in [0.2, 0.25) is 0 Å². The van der Waals surface area contributed by atoms with Crippen LogP contribution in [0.1, 0.15) is 99.9 Å². The lowest BCUT2D eigenvalue weighted by molar-refractivity contribution is 0.341. The highest BCUT2D eigenvalue weighted by Crippen LogP contribution is 2.39. The van der Waals surface area contributed by atoms with Gasteiger partial charge in [0.25, 0.3) is 0 Å². The maximum atomic E-state index is 4.05. The Kier molecular flexibility index (Phi) is 12.5. The molecule has 0 saturated carbocycles. The summed E-state index contributed by atoms with van der Waals surface area (Å²) in [6, 6.07) is 45.8. The van der Waals surface area contributed by atoms with Crippen molar-refractivity contribution < 1.29 is 0 Å². The fraction of sp³-hybridized carbons (Fsp3) is 0.230. The largest absolute Gasteiger partial charge is 0.135 e. The number of rotatable bonds is 1. The molecule has 1 heterocycles. The van der Waals surface area contributed by atoms with Crippen molar-refractivity contribution >= 4 is 66.8 Å². The molecule has 0 radical (unpaired) electrons. The molecular weight excluding hydrogens is 921 g/mol. The first-order chi connectivity index (χ1) is 35.8. The van der Waals surface area contributed by atoms with Gasteiger partial charge in [-0.15, -0.1) is 17.1 Å². The van der Waals surface area contributed by atoms with Crippen LogP contribution in [0.2, 0.25) is 0 Å². The van der Waals surface area contributed by atoms with E-state index in [4.69, 9.17) is 0 Å². The average molecular weight is 990 g/mol. The number of fused-ring (bicyclic) bond motifs is 4. The fourth-order valence-corrected chi connectivity index (χ4v) is 13.3. The van der Waals surface area contributed by atoms with Crippen LogP contribution in [0.15, 0.2) is 157 Å². The van der Waals surface area contributed by atoms with E-state index in [2.05, 4.69) is 267 Å². The van der Waals surface area contributed by atoms with Gasteiger partial charge in [0.15, 0.2) is 0 Å². The summed E-state index contributed by atoms with van der Waals surface area (Å²) in [5, 5.41) is 17.2. The summed E-state index contributed by atoms with van der Waals surface area (Å²) >= 11 is 1.87. The second-order valence-corrected chi connectivity index (χ2v) is 24.9. The molecule has 0 spiro atoms. The Morgan fingerprint density at radius 3 is 1.37 bits per heavy atom. The van der Waals surface area contributed by atoms with Crippen LogP contribution in [-0.4, -0.2) is 0 Å². The first-order valence-corrected chi connectivity index (χ1v) is 27.7. The van der Waals surface area contributed by atoms with Crippen LogP contribution in [0.3, 0.4) is 0 Å². The molecule has 1 heteroatoms. The van der Waals surface area contributed by atoms with Crippen molar-refractivity contribution in [1.82, 2.24) is 0 Å². The van der Waals surface area contributed by atoms with Gasteiger partial charge >= 0.3 is 0 Å². The van der Waals surface area contributed by atoms with Gasteiger partial charge in [-0.25, -0.2) is 0 Å². The molecule has 2 aliphatic rings. The van der Waals surface area contributed by atoms with E-state index < -0.39 is 0 Å². The van der Waals surface area contributed by atoms with Crippen LogP contribution in [0.4, 0.5) is 0 Å². The zero-order valence-electron chi connectivity index (χ0n) is 46.5. The second kappa shape index (κ2) is 18.8. The van der Waals surface area contributed by atoms with Crippen LogP contribution < -0.4 is 31.3 Å². The Morgan fingerprint density at radius 1 is 0.467 bits per heavy atom. The Bertz CT molecular complexity index is 4510. The van der Waals surface area contributed by atoms with Crippen molar-refractivity contribution in [1.29, 1.82) is 0 Å². The summed E-state index contributed by atoms with van der Waals surface area (Å²) in [4.78, 5) is 0. The third kappa shape index (κ3) is 8.82. The van der Waals surface area contributed by atoms with E-state index in [0.29, 0.717) is 5.92 Å². The van der Waals surface area contributed by atoms with Gasteiger partial charge in [-0.3, -0.25) is 0 Å². The Hall–Kier alpha value is -7.37. The lowest BCUT2D eigenvalue weighted by Gasteiger charge is -2.31. The second-order valence-electron chi connectivity index (χ2n) is 23.8. The van der Waals surface area contributed by atoms with Crippen LogP contribution in [0.5, 0.6) is 0 Å². The summed E-state index contributed by atoms with van der Waals surface area (Å²) < 4.78 is 2.53. The number of hydrogen-bond acceptors (Lipinski definition) is 1. The van der Waals surface area contributed by atoms with Crippen molar-refractivity contribution in [3.05, 3.63) is 259 Å². The normalized spacial score (nSPS) is 14.6. The lowest BCUT2D eigenvalue weighted by atomic mass is 9.74. The van der Waals surface area contributed by atoms with E-state index in [1.807, 2.05) is 11.3 Å². The molecule has 0 unspecified atom stereocenters. The van der Waals surface area contributed by atoms with Crippen molar-refractivity contribution in [3.8, 4) is 11.1 Å². The number of thiophene rings is 1. The van der Waals surface area contributed by atoms with Crippen molar-refractivity contribution in [3.63, 3.8) is 0 Å². The molecule has 0 fully saturated rings. The SMILES string of the molecule is CC1=CC(C(C)(C)C)C=C(C)C1=c1c2ccccc2c(=C=c2c(C)cc(=c3ccc(=c4cc(C)c(=C=c5c6c(c(-c7c(C)cc(C(C)(C)C)cc7C)c7ccccc57)[CH+]C=CC=6)c(C)c4)s3)cc2C)c2ccccc12. The topological polar surface area (TPSA) is 0 Å². The predicted molar refractivity (Wildman–Crippen MR) is 324 cm³/mol. The minimum absolute atomic E-state index is 0.0780. The van der Waals surface area contributed by atoms with Gasteiger partial charge in [-0.1, -0.05) is 138 Å². The number of allylic oxidation sites excluding steroid dienone is 6. The molecule has 8 aromatic carbocycles. The molecule has 0 saturated heterocycles. The van der Waals surface area contributed by atoms with Gasteiger partial charge in [-0.05, 0) is 202 Å². The molecule has 0 nitrogen and oxygen atoms in total. The molecule has 370 valence electrons. The van der Waals surface area contributed by atoms with E-state index in [1.54, 1.807) is 0 Å². The Morgan fingerprint density at radius 2 is 0.907 bits per heavy atom. The molecule has 0 amide bonds. The highest BCUT2D eigenvalue weighted by Gasteiger charge is 2.27. The summed E-state index contributed by atoms with van der Waals surface area (Å²) in [7, 11) is 0. The molecule has 75 heavy (non-hydrogen) atoms. The minimum atomic E-state index is 0.0780. The lowest BCUT2D eigenvalue weighted by Crippen LogP contribution is -2.32. The highest BCUT2D eigenvalue weighted by molar-refractivity contribution is 7.08. The van der Waals surface area contributed by atoms with Crippen LogP contribution in [0, 0.1) is 78.8 Å². The van der Waals surface area contributed by atoms with Crippen LogP contribution in [0.25, 0.3) is 66.6 Å². The van der Waals surface area contributed by atoms with E-state index >= 15 is 0 Å². The van der Waals surface area contributed by atoms with Crippen molar-refractivity contribution in [2.75, 3.05) is 0 Å². The van der Waals surface area contributed by atoms with Gasteiger partial charge in [0, 0.05) is 71.6 Å². The van der Waals surface area contributed by atoms with Gasteiger partial charge < -0.3 is 0 Å². The summed E-state index contributed by atoms with van der Waals surface area (Å²) in [5.41, 5.74) is 25.2. The monoisotopic (exact) mass is 990 g/mol. The molecule has 2 aliphatic carbocycles. The Labute approximate surface area is 447 Å². The zero-order chi connectivity index (χ0) is 52.8. The number of hydrogen-bond donors (Lipinski definition) is 0. The van der Waals surface area contributed by atoms with Crippen LogP contribution >= 0.6 is 11.3 Å². The third-order valence-electron chi connectivity index (χ3n) is 16.1. The molecule has 0 aliphatic heterocycles.